The Morgan fingerprint density at radius 3 is 2.73 bits per heavy atom. The number of halogens is 1. The SMILES string of the molecule is CCOC(C)(C)C(N)Cc1sccc1Br. The average Bonchev–Trinajstić information content (AvgIpc) is 2.52. The summed E-state index contributed by atoms with van der Waals surface area (Å²) >= 11 is 5.24. The zero-order valence-electron chi connectivity index (χ0n) is 9.42. The molecule has 1 rings (SSSR count). The highest BCUT2D eigenvalue weighted by Crippen LogP contribution is 2.26. The molecule has 4 heteroatoms. The molecule has 0 saturated heterocycles. The third-order valence-corrected chi connectivity index (χ3v) is 4.45. The van der Waals surface area contributed by atoms with Gasteiger partial charge in [-0.3, -0.25) is 0 Å². The van der Waals surface area contributed by atoms with E-state index in [0.29, 0.717) is 6.61 Å². The first-order valence-corrected chi connectivity index (χ1v) is 6.76. The van der Waals surface area contributed by atoms with Crippen LogP contribution in [0.5, 0.6) is 0 Å². The van der Waals surface area contributed by atoms with Crippen molar-refractivity contribution in [2.45, 2.75) is 38.8 Å². The van der Waals surface area contributed by atoms with E-state index in [4.69, 9.17) is 10.5 Å². The maximum Gasteiger partial charge on any atom is 0.0780 e. The Bertz CT molecular complexity index is 311. The van der Waals surface area contributed by atoms with E-state index in [0.717, 1.165) is 10.9 Å². The van der Waals surface area contributed by atoms with Crippen molar-refractivity contribution < 1.29 is 4.74 Å². The van der Waals surface area contributed by atoms with Crippen molar-refractivity contribution in [3.63, 3.8) is 0 Å². The van der Waals surface area contributed by atoms with Crippen LogP contribution in [-0.4, -0.2) is 18.2 Å². The molecule has 0 bridgehead atoms. The average molecular weight is 292 g/mol. The van der Waals surface area contributed by atoms with Gasteiger partial charge >= 0.3 is 0 Å². The predicted octanol–water partition coefficient (Wildman–Crippen LogP) is 3.20. The summed E-state index contributed by atoms with van der Waals surface area (Å²) in [5.41, 5.74) is 5.89. The highest BCUT2D eigenvalue weighted by Gasteiger charge is 2.27. The van der Waals surface area contributed by atoms with Crippen LogP contribution < -0.4 is 5.73 Å². The number of thiophene rings is 1. The number of hydrogen-bond acceptors (Lipinski definition) is 3. The molecule has 0 spiro atoms. The highest BCUT2D eigenvalue weighted by molar-refractivity contribution is 9.10. The third kappa shape index (κ3) is 3.55. The molecule has 0 saturated carbocycles. The van der Waals surface area contributed by atoms with Gasteiger partial charge in [0.25, 0.3) is 0 Å². The summed E-state index contributed by atoms with van der Waals surface area (Å²) in [4.78, 5) is 1.29. The van der Waals surface area contributed by atoms with Crippen molar-refractivity contribution in [2.75, 3.05) is 6.61 Å². The molecule has 0 fully saturated rings. The molecule has 0 aliphatic carbocycles. The lowest BCUT2D eigenvalue weighted by Crippen LogP contribution is -2.46. The fourth-order valence-electron chi connectivity index (χ4n) is 1.40. The van der Waals surface area contributed by atoms with Crippen LogP contribution in [0, 0.1) is 0 Å². The number of hydrogen-bond donors (Lipinski definition) is 1. The normalized spacial score (nSPS) is 14.2. The summed E-state index contributed by atoms with van der Waals surface area (Å²) in [6, 6.07) is 2.08. The first-order valence-electron chi connectivity index (χ1n) is 5.08. The van der Waals surface area contributed by atoms with Crippen molar-refractivity contribution in [1.82, 2.24) is 0 Å². The summed E-state index contributed by atoms with van der Waals surface area (Å²) in [6.07, 6.45) is 0.852. The van der Waals surface area contributed by atoms with Crippen LogP contribution in [0.3, 0.4) is 0 Å². The standard InChI is InChI=1S/C11H18BrNOS/c1-4-14-11(2,3)10(13)7-9-8(12)5-6-15-9/h5-6,10H,4,7,13H2,1-3H3. The Morgan fingerprint density at radius 1 is 1.60 bits per heavy atom. The summed E-state index contributed by atoms with van der Waals surface area (Å²) in [6.45, 7) is 6.78. The van der Waals surface area contributed by atoms with Gasteiger partial charge in [-0.15, -0.1) is 11.3 Å². The van der Waals surface area contributed by atoms with Crippen LogP contribution >= 0.6 is 27.3 Å². The molecule has 0 radical (unpaired) electrons. The highest BCUT2D eigenvalue weighted by atomic mass is 79.9. The van der Waals surface area contributed by atoms with Crippen molar-refractivity contribution in [2.24, 2.45) is 5.73 Å². The van der Waals surface area contributed by atoms with Gasteiger partial charge in [0.2, 0.25) is 0 Å². The number of nitrogens with two attached hydrogens (primary N) is 1. The zero-order valence-corrected chi connectivity index (χ0v) is 11.8. The molecule has 0 amide bonds. The lowest BCUT2D eigenvalue weighted by Gasteiger charge is -2.31. The summed E-state index contributed by atoms with van der Waals surface area (Å²) in [5.74, 6) is 0. The van der Waals surface area contributed by atoms with Gasteiger partial charge in [0.05, 0.1) is 5.60 Å². The molecular formula is C11H18BrNOS. The summed E-state index contributed by atoms with van der Waals surface area (Å²) < 4.78 is 6.79. The second-order valence-electron chi connectivity index (χ2n) is 4.04. The van der Waals surface area contributed by atoms with E-state index in [9.17, 15) is 0 Å². The minimum Gasteiger partial charge on any atom is -0.374 e. The van der Waals surface area contributed by atoms with E-state index < -0.39 is 0 Å². The van der Waals surface area contributed by atoms with Crippen molar-refractivity contribution in [3.8, 4) is 0 Å². The van der Waals surface area contributed by atoms with E-state index in [-0.39, 0.29) is 11.6 Å². The van der Waals surface area contributed by atoms with Crippen LogP contribution in [0.2, 0.25) is 0 Å². The number of ether oxygens (including phenoxy) is 1. The molecule has 1 aromatic rings. The molecule has 1 atom stereocenters. The Hall–Kier alpha value is 0.100. The molecule has 2 N–H and O–H groups in total. The van der Waals surface area contributed by atoms with Gasteiger partial charge in [-0.25, -0.2) is 0 Å². The Balaban J connectivity index is 2.63. The van der Waals surface area contributed by atoms with Crippen LogP contribution in [0.25, 0.3) is 0 Å². The van der Waals surface area contributed by atoms with Gasteiger partial charge in [0.1, 0.15) is 0 Å². The van der Waals surface area contributed by atoms with E-state index in [1.807, 2.05) is 20.8 Å². The predicted molar refractivity (Wildman–Crippen MR) is 69.4 cm³/mol. The van der Waals surface area contributed by atoms with Crippen LogP contribution in [0.4, 0.5) is 0 Å². The zero-order chi connectivity index (χ0) is 11.5. The van der Waals surface area contributed by atoms with Crippen molar-refractivity contribution in [1.29, 1.82) is 0 Å². The molecule has 15 heavy (non-hydrogen) atoms. The summed E-state index contributed by atoms with van der Waals surface area (Å²) in [5, 5.41) is 2.07. The molecule has 1 heterocycles. The van der Waals surface area contributed by atoms with Gasteiger partial charge < -0.3 is 10.5 Å². The lowest BCUT2D eigenvalue weighted by molar-refractivity contribution is -0.0286. The van der Waals surface area contributed by atoms with Crippen molar-refractivity contribution in [3.05, 3.63) is 20.8 Å². The Kier molecular flexibility index (Phi) is 4.77. The van der Waals surface area contributed by atoms with Gasteiger partial charge in [-0.1, -0.05) is 0 Å². The molecule has 2 nitrogen and oxygen atoms in total. The minimum absolute atomic E-state index is 0.0207. The minimum atomic E-state index is -0.266. The largest absolute Gasteiger partial charge is 0.374 e. The van der Waals surface area contributed by atoms with Gasteiger partial charge in [-0.2, -0.15) is 0 Å². The molecular weight excluding hydrogens is 274 g/mol. The molecule has 0 aromatic carbocycles. The summed E-state index contributed by atoms with van der Waals surface area (Å²) in [7, 11) is 0. The van der Waals surface area contributed by atoms with Crippen molar-refractivity contribution >= 4 is 27.3 Å². The molecule has 0 aliphatic rings. The van der Waals surface area contributed by atoms with Gasteiger partial charge in [0.15, 0.2) is 0 Å². The first-order chi connectivity index (χ1) is 6.97. The van der Waals surface area contributed by atoms with Crippen LogP contribution in [-0.2, 0) is 11.2 Å². The van der Waals surface area contributed by atoms with E-state index in [1.165, 1.54) is 4.88 Å². The van der Waals surface area contributed by atoms with Gasteiger partial charge in [0, 0.05) is 28.4 Å². The fourth-order valence-corrected chi connectivity index (χ4v) is 2.97. The topological polar surface area (TPSA) is 35.2 Å². The number of rotatable bonds is 5. The Morgan fingerprint density at radius 2 is 2.27 bits per heavy atom. The maximum absolute atomic E-state index is 6.16. The van der Waals surface area contributed by atoms with Gasteiger partial charge in [-0.05, 0) is 48.1 Å². The molecule has 1 unspecified atom stereocenters. The van der Waals surface area contributed by atoms with E-state index in [1.54, 1.807) is 11.3 Å². The van der Waals surface area contributed by atoms with E-state index in [2.05, 4.69) is 27.4 Å². The quantitative estimate of drug-likeness (QED) is 0.904. The van der Waals surface area contributed by atoms with E-state index >= 15 is 0 Å². The Labute approximate surface area is 104 Å². The molecule has 86 valence electrons. The third-order valence-electron chi connectivity index (χ3n) is 2.51. The smallest absolute Gasteiger partial charge is 0.0780 e. The fraction of sp³-hybridized carbons (Fsp3) is 0.636. The van der Waals surface area contributed by atoms with Crippen LogP contribution in [0.1, 0.15) is 25.6 Å². The van der Waals surface area contributed by atoms with Crippen LogP contribution in [0.15, 0.2) is 15.9 Å². The lowest BCUT2D eigenvalue weighted by atomic mass is 9.96. The maximum atomic E-state index is 6.16. The second kappa shape index (κ2) is 5.43. The molecule has 0 aliphatic heterocycles. The molecule has 1 aromatic heterocycles. The first kappa shape index (κ1) is 13.2. The second-order valence-corrected chi connectivity index (χ2v) is 5.89. The monoisotopic (exact) mass is 291 g/mol.